The van der Waals surface area contributed by atoms with E-state index in [1.165, 1.54) is 4.90 Å². The van der Waals surface area contributed by atoms with Crippen LogP contribution >= 0.6 is 0 Å². The maximum atomic E-state index is 12.3. The van der Waals surface area contributed by atoms with E-state index in [0.29, 0.717) is 32.7 Å². The van der Waals surface area contributed by atoms with Gasteiger partial charge in [-0.2, -0.15) is 0 Å². The number of carbonyl (C=O) groups is 3. The number of piperazine rings is 1. The molecule has 2 fully saturated rings. The first-order valence-electron chi connectivity index (χ1n) is 6.10. The summed E-state index contributed by atoms with van der Waals surface area (Å²) in [5.74, 6) is -0.818. The van der Waals surface area contributed by atoms with E-state index in [4.69, 9.17) is 4.74 Å². The second kappa shape index (κ2) is 5.34. The largest absolute Gasteiger partial charge is 0.378 e. The molecule has 2 saturated heterocycles. The zero-order chi connectivity index (χ0) is 13.1. The van der Waals surface area contributed by atoms with Gasteiger partial charge in [-0.3, -0.25) is 14.9 Å². The number of carbonyl (C=O) groups excluding carboxylic acids is 3. The van der Waals surface area contributed by atoms with Gasteiger partial charge in [-0.1, -0.05) is 6.92 Å². The number of nitrogens with zero attached hydrogens (tertiary/aromatic N) is 2. The van der Waals surface area contributed by atoms with Gasteiger partial charge in [0.05, 0.1) is 13.2 Å². The van der Waals surface area contributed by atoms with Gasteiger partial charge in [-0.15, -0.1) is 0 Å². The first-order valence-corrected chi connectivity index (χ1v) is 6.10. The summed E-state index contributed by atoms with van der Waals surface area (Å²) in [6, 6.07) is -0.814. The molecule has 1 unspecified atom stereocenters. The number of nitrogens with one attached hydrogen (secondary N) is 1. The van der Waals surface area contributed by atoms with E-state index in [9.17, 15) is 14.4 Å². The number of morpholine rings is 1. The minimum absolute atomic E-state index is 0.0551. The second-order valence-corrected chi connectivity index (χ2v) is 4.35. The van der Waals surface area contributed by atoms with Crippen LogP contribution in [0, 0.1) is 0 Å². The molecule has 2 aliphatic rings. The van der Waals surface area contributed by atoms with E-state index in [1.807, 2.05) is 6.92 Å². The Bertz CT molecular complexity index is 365. The predicted molar refractivity (Wildman–Crippen MR) is 61.7 cm³/mol. The Labute approximate surface area is 105 Å². The van der Waals surface area contributed by atoms with Gasteiger partial charge in [0.15, 0.2) is 0 Å². The van der Waals surface area contributed by atoms with Crippen LogP contribution in [0.15, 0.2) is 0 Å². The molecule has 7 heteroatoms. The van der Waals surface area contributed by atoms with Gasteiger partial charge in [0.25, 0.3) is 0 Å². The molecule has 1 atom stereocenters. The first kappa shape index (κ1) is 12.8. The normalized spacial score (nSPS) is 25.1. The molecule has 0 aromatic heterocycles. The van der Waals surface area contributed by atoms with Crippen LogP contribution in [0.5, 0.6) is 0 Å². The first-order chi connectivity index (χ1) is 8.63. The molecule has 0 radical (unpaired) electrons. The smallest absolute Gasteiger partial charge is 0.321 e. The van der Waals surface area contributed by atoms with Crippen molar-refractivity contribution < 1.29 is 19.1 Å². The highest BCUT2D eigenvalue weighted by molar-refractivity contribution is 6.04. The molecule has 0 bridgehead atoms. The summed E-state index contributed by atoms with van der Waals surface area (Å²) in [5, 5.41) is 2.25. The lowest BCUT2D eigenvalue weighted by molar-refractivity contribution is -0.138. The third kappa shape index (κ3) is 2.45. The number of imide groups is 1. The molecule has 2 aliphatic heterocycles. The summed E-state index contributed by atoms with van der Waals surface area (Å²) in [6.07, 6.45) is 0.495. The molecule has 0 spiro atoms. The van der Waals surface area contributed by atoms with Crippen molar-refractivity contribution in [3.63, 3.8) is 0 Å². The third-order valence-corrected chi connectivity index (χ3v) is 3.17. The third-order valence-electron chi connectivity index (χ3n) is 3.17. The summed E-state index contributed by atoms with van der Waals surface area (Å²) < 4.78 is 5.17. The van der Waals surface area contributed by atoms with Crippen molar-refractivity contribution in [2.75, 3.05) is 32.8 Å². The van der Waals surface area contributed by atoms with E-state index in [1.54, 1.807) is 4.90 Å². The molecule has 2 rings (SSSR count). The number of rotatable bonds is 1. The molecule has 0 saturated carbocycles. The molecule has 1 N–H and O–H groups in total. The van der Waals surface area contributed by atoms with Crippen LogP contribution in [-0.4, -0.2) is 66.5 Å². The van der Waals surface area contributed by atoms with E-state index in [0.717, 1.165) is 0 Å². The lowest BCUT2D eigenvalue weighted by atomic mass is 10.1. The number of amides is 4. The Morgan fingerprint density at radius 2 is 2.06 bits per heavy atom. The molecule has 0 aliphatic carbocycles. The van der Waals surface area contributed by atoms with Gasteiger partial charge in [-0.05, 0) is 6.42 Å². The number of hydrogen-bond donors (Lipinski definition) is 1. The molecule has 0 aromatic carbocycles. The van der Waals surface area contributed by atoms with Gasteiger partial charge in [0.1, 0.15) is 12.6 Å². The van der Waals surface area contributed by atoms with Crippen LogP contribution in [0.4, 0.5) is 4.79 Å². The molecule has 18 heavy (non-hydrogen) atoms. The van der Waals surface area contributed by atoms with Crippen LogP contribution in [-0.2, 0) is 14.3 Å². The van der Waals surface area contributed by atoms with Gasteiger partial charge in [0, 0.05) is 13.1 Å². The van der Waals surface area contributed by atoms with E-state index in [2.05, 4.69) is 5.32 Å². The average Bonchev–Trinajstić information content (AvgIpc) is 2.38. The maximum Gasteiger partial charge on any atom is 0.321 e. The number of urea groups is 1. The van der Waals surface area contributed by atoms with Crippen LogP contribution in [0.1, 0.15) is 13.3 Å². The van der Waals surface area contributed by atoms with Crippen molar-refractivity contribution in [2.24, 2.45) is 0 Å². The fraction of sp³-hybridized carbons (Fsp3) is 0.727. The maximum absolute atomic E-state index is 12.3. The number of ether oxygens (including phenoxy) is 1. The lowest BCUT2D eigenvalue weighted by Gasteiger charge is -2.38. The molecule has 0 aromatic rings. The second-order valence-electron chi connectivity index (χ2n) is 4.35. The topological polar surface area (TPSA) is 79.0 Å². The molecular formula is C11H17N3O4. The summed E-state index contributed by atoms with van der Waals surface area (Å²) in [7, 11) is 0. The summed E-state index contributed by atoms with van der Waals surface area (Å²) in [5.41, 5.74) is 0. The zero-order valence-corrected chi connectivity index (χ0v) is 10.3. The lowest BCUT2D eigenvalue weighted by Crippen LogP contribution is -2.62. The van der Waals surface area contributed by atoms with Crippen molar-refractivity contribution in [3.8, 4) is 0 Å². The fourth-order valence-electron chi connectivity index (χ4n) is 2.21. The van der Waals surface area contributed by atoms with Crippen LogP contribution < -0.4 is 5.32 Å². The highest BCUT2D eigenvalue weighted by Crippen LogP contribution is 2.13. The quantitative estimate of drug-likeness (QED) is 0.621. The summed E-state index contributed by atoms with van der Waals surface area (Å²) in [4.78, 5) is 38.3. The molecule has 7 nitrogen and oxygen atoms in total. The van der Waals surface area contributed by atoms with E-state index < -0.39 is 17.9 Å². The highest BCUT2D eigenvalue weighted by Gasteiger charge is 2.37. The standard InChI is InChI=1S/C11H17N3O4/c1-2-8-10(16)12-9(15)7-14(8)11(17)13-3-5-18-6-4-13/h8H,2-7H2,1H3,(H,12,15,16). The highest BCUT2D eigenvalue weighted by atomic mass is 16.5. The van der Waals surface area contributed by atoms with Crippen LogP contribution in [0.2, 0.25) is 0 Å². The predicted octanol–water partition coefficient (Wildman–Crippen LogP) is -0.824. The average molecular weight is 255 g/mol. The summed E-state index contributed by atoms with van der Waals surface area (Å²) in [6.45, 7) is 3.76. The minimum Gasteiger partial charge on any atom is -0.378 e. The van der Waals surface area contributed by atoms with Crippen molar-refractivity contribution >= 4 is 17.8 Å². The zero-order valence-electron chi connectivity index (χ0n) is 10.3. The Balaban J connectivity index is 2.10. The van der Waals surface area contributed by atoms with Gasteiger partial charge in [0.2, 0.25) is 11.8 Å². The van der Waals surface area contributed by atoms with Crippen molar-refractivity contribution in [3.05, 3.63) is 0 Å². The van der Waals surface area contributed by atoms with Gasteiger partial charge >= 0.3 is 6.03 Å². The summed E-state index contributed by atoms with van der Waals surface area (Å²) >= 11 is 0. The SMILES string of the molecule is CCC1C(=O)NC(=O)CN1C(=O)N1CCOCC1. The Morgan fingerprint density at radius 1 is 1.39 bits per heavy atom. The fourth-order valence-corrected chi connectivity index (χ4v) is 2.21. The van der Waals surface area contributed by atoms with Crippen LogP contribution in [0.25, 0.3) is 0 Å². The molecular weight excluding hydrogens is 238 g/mol. The molecule has 2 heterocycles. The molecule has 100 valence electrons. The van der Waals surface area contributed by atoms with Gasteiger partial charge < -0.3 is 14.5 Å². The molecule has 4 amide bonds. The van der Waals surface area contributed by atoms with Crippen molar-refractivity contribution in [2.45, 2.75) is 19.4 Å². The Morgan fingerprint density at radius 3 is 2.67 bits per heavy atom. The Hall–Kier alpha value is -1.63. The van der Waals surface area contributed by atoms with Crippen molar-refractivity contribution in [1.82, 2.24) is 15.1 Å². The number of hydrogen-bond acceptors (Lipinski definition) is 4. The minimum atomic E-state index is -0.557. The van der Waals surface area contributed by atoms with E-state index >= 15 is 0 Å². The van der Waals surface area contributed by atoms with Gasteiger partial charge in [-0.25, -0.2) is 4.79 Å². The van der Waals surface area contributed by atoms with Crippen LogP contribution in [0.3, 0.4) is 0 Å². The van der Waals surface area contributed by atoms with Crippen molar-refractivity contribution in [1.29, 1.82) is 0 Å². The monoisotopic (exact) mass is 255 g/mol. The van der Waals surface area contributed by atoms with E-state index in [-0.39, 0.29) is 12.6 Å². The Kier molecular flexibility index (Phi) is 3.81.